The summed E-state index contributed by atoms with van der Waals surface area (Å²) in [5.74, 6) is -0.140. The zero-order valence-corrected chi connectivity index (χ0v) is 16.7. The van der Waals surface area contributed by atoms with E-state index in [4.69, 9.17) is 4.74 Å². The Morgan fingerprint density at radius 1 is 1.07 bits per heavy atom. The van der Waals surface area contributed by atoms with Crippen LogP contribution >= 0.6 is 0 Å². The fourth-order valence-electron chi connectivity index (χ4n) is 4.58. The average molecular weight is 404 g/mol. The highest BCUT2D eigenvalue weighted by Gasteiger charge is 2.38. The summed E-state index contributed by atoms with van der Waals surface area (Å²) in [6, 6.07) is 5.88. The smallest absolute Gasteiger partial charge is 0.321 e. The molecule has 1 atom stereocenters. The van der Waals surface area contributed by atoms with E-state index >= 15 is 0 Å². The molecule has 3 saturated heterocycles. The Labute approximate surface area is 170 Å². The number of piperazine rings is 1. The van der Waals surface area contributed by atoms with E-state index in [-0.39, 0.29) is 23.8 Å². The Morgan fingerprint density at radius 2 is 1.83 bits per heavy atom. The zero-order chi connectivity index (χ0) is 20.2. The van der Waals surface area contributed by atoms with Gasteiger partial charge in [-0.15, -0.1) is 0 Å². The second-order valence-corrected chi connectivity index (χ2v) is 8.00. The summed E-state index contributed by atoms with van der Waals surface area (Å²) in [6.45, 7) is 4.78. The topological polar surface area (TPSA) is 65.1 Å². The van der Waals surface area contributed by atoms with Crippen LogP contribution in [0.2, 0.25) is 0 Å². The van der Waals surface area contributed by atoms with Crippen molar-refractivity contribution in [2.75, 3.05) is 51.3 Å². The van der Waals surface area contributed by atoms with Crippen LogP contribution in [0.3, 0.4) is 0 Å². The Kier molecular flexibility index (Phi) is 6.30. The van der Waals surface area contributed by atoms with Crippen molar-refractivity contribution in [2.24, 2.45) is 0 Å². The van der Waals surface area contributed by atoms with Crippen LogP contribution in [-0.2, 0) is 9.53 Å². The van der Waals surface area contributed by atoms with Gasteiger partial charge in [0.05, 0.1) is 6.04 Å². The van der Waals surface area contributed by atoms with E-state index in [2.05, 4.69) is 15.1 Å². The van der Waals surface area contributed by atoms with Crippen molar-refractivity contribution in [3.05, 3.63) is 30.1 Å². The van der Waals surface area contributed by atoms with Gasteiger partial charge in [-0.1, -0.05) is 6.07 Å². The second kappa shape index (κ2) is 9.09. The minimum Gasteiger partial charge on any atom is -0.381 e. The minimum absolute atomic E-state index is 0.0833. The highest BCUT2D eigenvalue weighted by Crippen LogP contribution is 2.24. The molecule has 3 fully saturated rings. The van der Waals surface area contributed by atoms with E-state index in [0.717, 1.165) is 45.4 Å². The third-order valence-electron chi connectivity index (χ3n) is 6.19. The summed E-state index contributed by atoms with van der Waals surface area (Å²) in [4.78, 5) is 31.6. The Bertz CT molecular complexity index is 732. The van der Waals surface area contributed by atoms with E-state index in [1.54, 1.807) is 17.0 Å². The molecular weight excluding hydrogens is 375 g/mol. The molecule has 0 spiro atoms. The molecule has 0 aromatic heterocycles. The van der Waals surface area contributed by atoms with Crippen molar-refractivity contribution in [1.29, 1.82) is 0 Å². The molecule has 0 radical (unpaired) electrons. The summed E-state index contributed by atoms with van der Waals surface area (Å²) in [5, 5.41) is 2.75. The fourth-order valence-corrected chi connectivity index (χ4v) is 4.58. The van der Waals surface area contributed by atoms with Gasteiger partial charge in [0, 0.05) is 57.7 Å². The lowest BCUT2D eigenvalue weighted by atomic mass is 9.97. The molecule has 4 rings (SSSR count). The Hall–Kier alpha value is -2.19. The van der Waals surface area contributed by atoms with Crippen LogP contribution in [0.25, 0.3) is 0 Å². The highest BCUT2D eigenvalue weighted by atomic mass is 19.1. The van der Waals surface area contributed by atoms with Crippen molar-refractivity contribution in [2.45, 2.75) is 37.8 Å². The standard InChI is InChI=1S/C21H29FN4O3/c22-16-3-1-4-17(15-16)23-21(28)25-11-9-24(10-12-25)19-5-2-8-26(20(19)27)18-6-13-29-14-7-18/h1,3-4,15,18-19H,2,5-14H2,(H,23,28)/t19-/m0/s1. The van der Waals surface area contributed by atoms with E-state index in [1.807, 2.05) is 0 Å². The number of hydrogen-bond acceptors (Lipinski definition) is 4. The molecular formula is C21H29FN4O3. The molecule has 1 aromatic carbocycles. The van der Waals surface area contributed by atoms with E-state index in [9.17, 15) is 14.0 Å². The zero-order valence-electron chi connectivity index (χ0n) is 16.7. The molecule has 0 unspecified atom stereocenters. The van der Waals surface area contributed by atoms with Gasteiger partial charge >= 0.3 is 6.03 Å². The minimum atomic E-state index is -0.377. The summed E-state index contributed by atoms with van der Waals surface area (Å²) < 4.78 is 18.7. The molecule has 1 aromatic rings. The number of nitrogens with one attached hydrogen (secondary N) is 1. The number of likely N-dealkylation sites (tertiary alicyclic amines) is 1. The maximum absolute atomic E-state index is 13.3. The van der Waals surface area contributed by atoms with Crippen LogP contribution in [-0.4, -0.2) is 84.7 Å². The van der Waals surface area contributed by atoms with Gasteiger partial charge < -0.3 is 19.9 Å². The number of ether oxygens (including phenoxy) is 1. The molecule has 7 nitrogen and oxygen atoms in total. The molecule has 158 valence electrons. The molecule has 1 N–H and O–H groups in total. The molecule has 3 aliphatic rings. The molecule has 29 heavy (non-hydrogen) atoms. The van der Waals surface area contributed by atoms with Crippen LogP contribution in [0.5, 0.6) is 0 Å². The number of urea groups is 1. The predicted molar refractivity (Wildman–Crippen MR) is 107 cm³/mol. The van der Waals surface area contributed by atoms with Gasteiger partial charge in [0.2, 0.25) is 5.91 Å². The Balaban J connectivity index is 1.30. The van der Waals surface area contributed by atoms with Crippen LogP contribution < -0.4 is 5.32 Å². The van der Waals surface area contributed by atoms with Gasteiger partial charge in [-0.3, -0.25) is 9.69 Å². The summed E-state index contributed by atoms with van der Waals surface area (Å²) in [5.41, 5.74) is 0.451. The number of carbonyl (C=O) groups is 2. The van der Waals surface area contributed by atoms with Crippen LogP contribution in [0, 0.1) is 5.82 Å². The first-order valence-corrected chi connectivity index (χ1v) is 10.6. The number of anilines is 1. The monoisotopic (exact) mass is 404 g/mol. The molecule has 3 aliphatic heterocycles. The maximum Gasteiger partial charge on any atom is 0.321 e. The van der Waals surface area contributed by atoms with Crippen molar-refractivity contribution >= 4 is 17.6 Å². The molecule has 0 bridgehead atoms. The van der Waals surface area contributed by atoms with Gasteiger partial charge in [-0.05, 0) is 43.9 Å². The second-order valence-electron chi connectivity index (χ2n) is 8.00. The number of nitrogens with zero attached hydrogens (tertiary/aromatic N) is 3. The molecule has 0 saturated carbocycles. The van der Waals surface area contributed by atoms with Gasteiger partial charge in [0.1, 0.15) is 5.82 Å². The maximum atomic E-state index is 13.3. The average Bonchev–Trinajstić information content (AvgIpc) is 2.75. The van der Waals surface area contributed by atoms with Crippen molar-refractivity contribution < 1.29 is 18.7 Å². The molecule has 8 heteroatoms. The number of benzene rings is 1. The SMILES string of the molecule is O=C(Nc1cccc(F)c1)N1CCN([C@H]2CCCN(C3CCOCC3)C2=O)CC1. The van der Waals surface area contributed by atoms with Crippen molar-refractivity contribution in [3.8, 4) is 0 Å². The van der Waals surface area contributed by atoms with Crippen LogP contribution in [0.1, 0.15) is 25.7 Å². The van der Waals surface area contributed by atoms with E-state index in [0.29, 0.717) is 37.9 Å². The third-order valence-corrected chi connectivity index (χ3v) is 6.19. The van der Waals surface area contributed by atoms with Gasteiger partial charge in [0.15, 0.2) is 0 Å². The quantitative estimate of drug-likeness (QED) is 0.839. The van der Waals surface area contributed by atoms with Crippen LogP contribution in [0.4, 0.5) is 14.9 Å². The number of halogens is 1. The molecule has 0 aliphatic carbocycles. The van der Waals surface area contributed by atoms with Crippen molar-refractivity contribution in [3.63, 3.8) is 0 Å². The van der Waals surface area contributed by atoms with Gasteiger partial charge in [-0.25, -0.2) is 9.18 Å². The highest BCUT2D eigenvalue weighted by molar-refractivity contribution is 5.89. The van der Waals surface area contributed by atoms with Crippen LogP contribution in [0.15, 0.2) is 24.3 Å². The lowest BCUT2D eigenvalue weighted by molar-refractivity contribution is -0.145. The number of amides is 3. The Morgan fingerprint density at radius 3 is 2.55 bits per heavy atom. The summed E-state index contributed by atoms with van der Waals surface area (Å²) in [7, 11) is 0. The van der Waals surface area contributed by atoms with Gasteiger partial charge in [0.25, 0.3) is 0 Å². The first kappa shape index (κ1) is 20.1. The van der Waals surface area contributed by atoms with E-state index in [1.165, 1.54) is 12.1 Å². The lowest BCUT2D eigenvalue weighted by Gasteiger charge is -2.45. The predicted octanol–water partition coefficient (Wildman–Crippen LogP) is 2.15. The number of hydrogen-bond donors (Lipinski definition) is 1. The normalized spacial score (nSPS) is 24.6. The van der Waals surface area contributed by atoms with Gasteiger partial charge in [-0.2, -0.15) is 0 Å². The van der Waals surface area contributed by atoms with E-state index < -0.39 is 0 Å². The number of piperidine rings is 1. The molecule has 3 amide bonds. The van der Waals surface area contributed by atoms with Crippen molar-refractivity contribution in [1.82, 2.24) is 14.7 Å². The third kappa shape index (κ3) is 4.70. The number of carbonyl (C=O) groups excluding carboxylic acids is 2. The lowest BCUT2D eigenvalue weighted by Crippen LogP contribution is -2.60. The largest absolute Gasteiger partial charge is 0.381 e. The summed E-state index contributed by atoms with van der Waals surface area (Å²) in [6.07, 6.45) is 3.75. The number of rotatable bonds is 3. The summed E-state index contributed by atoms with van der Waals surface area (Å²) >= 11 is 0. The first-order valence-electron chi connectivity index (χ1n) is 10.6. The first-order chi connectivity index (χ1) is 14.1. The molecule has 3 heterocycles. The fraction of sp³-hybridized carbons (Fsp3) is 0.619.